The van der Waals surface area contributed by atoms with Gasteiger partial charge in [0.15, 0.2) is 0 Å². The number of benzene rings is 1. The number of carboxylic acid groups (broad SMARTS) is 1. The summed E-state index contributed by atoms with van der Waals surface area (Å²) in [7, 11) is 0. The number of hydrogen-bond donors (Lipinski definition) is 1. The van der Waals surface area contributed by atoms with Crippen LogP contribution in [0.1, 0.15) is 30.2 Å². The Hall–Kier alpha value is -2.37. The van der Waals surface area contributed by atoms with Gasteiger partial charge in [0.25, 0.3) is 0 Å². The number of carbonyl (C=O) groups is 1. The Bertz CT molecular complexity index is 738. The van der Waals surface area contributed by atoms with Crippen LogP contribution in [0.3, 0.4) is 0 Å². The van der Waals surface area contributed by atoms with Crippen molar-refractivity contribution in [1.82, 2.24) is 4.57 Å². The van der Waals surface area contributed by atoms with Crippen LogP contribution in [0.2, 0.25) is 0 Å². The summed E-state index contributed by atoms with van der Waals surface area (Å²) in [4.78, 5) is 34.0. The molecule has 0 atom stereocenters. The molecule has 0 amide bonds. The van der Waals surface area contributed by atoms with Crippen molar-refractivity contribution < 1.29 is 14.3 Å². The number of carboxylic acids is 1. The predicted molar refractivity (Wildman–Crippen MR) is 64.1 cm³/mol. The van der Waals surface area contributed by atoms with Crippen LogP contribution in [0.25, 0.3) is 10.9 Å². The zero-order valence-electron chi connectivity index (χ0n) is 9.84. The van der Waals surface area contributed by atoms with Crippen LogP contribution >= 0.6 is 0 Å². The summed E-state index contributed by atoms with van der Waals surface area (Å²) in [5.74, 6) is -1.89. The predicted octanol–water partition coefficient (Wildman–Crippen LogP) is 1.23. The quantitative estimate of drug-likeness (QED) is 0.864. The van der Waals surface area contributed by atoms with Crippen molar-refractivity contribution in [3.05, 3.63) is 44.7 Å². The van der Waals surface area contributed by atoms with Crippen LogP contribution in [-0.4, -0.2) is 15.6 Å². The van der Waals surface area contributed by atoms with Crippen LogP contribution in [0.5, 0.6) is 0 Å². The van der Waals surface area contributed by atoms with E-state index in [1.807, 2.05) is 0 Å². The van der Waals surface area contributed by atoms with Crippen molar-refractivity contribution in [3.63, 3.8) is 0 Å². The summed E-state index contributed by atoms with van der Waals surface area (Å²) in [6.07, 6.45) is 0. The third-order valence-electron chi connectivity index (χ3n) is 2.62. The van der Waals surface area contributed by atoms with E-state index in [9.17, 15) is 14.4 Å². The van der Waals surface area contributed by atoms with Gasteiger partial charge in [-0.2, -0.15) is 0 Å². The second-order valence-electron chi connectivity index (χ2n) is 4.16. The van der Waals surface area contributed by atoms with Crippen molar-refractivity contribution in [1.29, 1.82) is 0 Å². The van der Waals surface area contributed by atoms with Gasteiger partial charge in [-0.3, -0.25) is 4.57 Å². The van der Waals surface area contributed by atoms with Gasteiger partial charge < -0.3 is 9.52 Å². The second-order valence-corrected chi connectivity index (χ2v) is 4.16. The average molecular weight is 249 g/mol. The smallest absolute Gasteiger partial charge is 0.422 e. The van der Waals surface area contributed by atoms with Gasteiger partial charge in [0.1, 0.15) is 0 Å². The molecule has 0 saturated carbocycles. The first-order chi connectivity index (χ1) is 8.41. The molecule has 0 aliphatic carbocycles. The summed E-state index contributed by atoms with van der Waals surface area (Å²) < 4.78 is 5.88. The summed E-state index contributed by atoms with van der Waals surface area (Å²) in [6, 6.07) is 3.81. The molecule has 0 fully saturated rings. The molecule has 0 saturated heterocycles. The van der Waals surface area contributed by atoms with Gasteiger partial charge in [0.2, 0.25) is 0 Å². The number of nitrogens with zero attached hydrogens (tertiary/aromatic N) is 1. The standard InChI is InChI=1S/C12H11NO5/c1-6(2)13-9-4-3-7(10(14)15)5-8(9)11(16)18-12(13)17/h3-6H,1-2H3,(H,14,15). The minimum absolute atomic E-state index is 0.0243. The highest BCUT2D eigenvalue weighted by molar-refractivity contribution is 5.92. The summed E-state index contributed by atoms with van der Waals surface area (Å²) in [6.45, 7) is 3.54. The second kappa shape index (κ2) is 4.14. The Morgan fingerprint density at radius 2 is 2.00 bits per heavy atom. The Kier molecular flexibility index (Phi) is 2.78. The first kappa shape index (κ1) is 12.1. The van der Waals surface area contributed by atoms with E-state index in [2.05, 4.69) is 4.42 Å². The van der Waals surface area contributed by atoms with Gasteiger partial charge in [0, 0.05) is 6.04 Å². The normalized spacial score (nSPS) is 11.1. The third-order valence-corrected chi connectivity index (χ3v) is 2.62. The highest BCUT2D eigenvalue weighted by Gasteiger charge is 2.13. The average Bonchev–Trinajstić information content (AvgIpc) is 2.27. The molecule has 1 aromatic carbocycles. The van der Waals surface area contributed by atoms with E-state index in [-0.39, 0.29) is 17.0 Å². The van der Waals surface area contributed by atoms with Gasteiger partial charge in [0.05, 0.1) is 16.5 Å². The first-order valence-electron chi connectivity index (χ1n) is 5.34. The van der Waals surface area contributed by atoms with Gasteiger partial charge in [-0.15, -0.1) is 0 Å². The van der Waals surface area contributed by atoms with Crippen LogP contribution in [0.15, 0.2) is 32.2 Å². The van der Waals surface area contributed by atoms with Crippen LogP contribution < -0.4 is 11.4 Å². The summed E-state index contributed by atoms with van der Waals surface area (Å²) in [5.41, 5.74) is -0.477. The van der Waals surface area contributed by atoms with Gasteiger partial charge in [-0.25, -0.2) is 14.4 Å². The van der Waals surface area contributed by atoms with Crippen molar-refractivity contribution in [2.75, 3.05) is 0 Å². The molecule has 1 heterocycles. The zero-order chi connectivity index (χ0) is 13.4. The van der Waals surface area contributed by atoms with E-state index in [0.717, 1.165) is 0 Å². The largest absolute Gasteiger partial charge is 0.478 e. The van der Waals surface area contributed by atoms with Crippen LogP contribution in [0.4, 0.5) is 0 Å². The Labute approximate surface area is 101 Å². The molecule has 2 rings (SSSR count). The third kappa shape index (κ3) is 1.81. The maximum atomic E-state index is 11.6. The monoisotopic (exact) mass is 249 g/mol. The molecule has 94 valence electrons. The molecule has 0 radical (unpaired) electrons. The topological polar surface area (TPSA) is 89.5 Å². The van der Waals surface area contributed by atoms with Crippen molar-refractivity contribution in [3.8, 4) is 0 Å². The number of rotatable bonds is 2. The number of hydrogen-bond acceptors (Lipinski definition) is 4. The molecule has 1 aromatic heterocycles. The van der Waals surface area contributed by atoms with Crippen molar-refractivity contribution >= 4 is 16.9 Å². The minimum atomic E-state index is -1.14. The molecule has 1 N–H and O–H groups in total. The van der Waals surface area contributed by atoms with E-state index in [0.29, 0.717) is 5.52 Å². The molecular weight excluding hydrogens is 238 g/mol. The van der Waals surface area contributed by atoms with Crippen molar-refractivity contribution in [2.45, 2.75) is 19.9 Å². The lowest BCUT2D eigenvalue weighted by atomic mass is 10.1. The van der Waals surface area contributed by atoms with Gasteiger partial charge in [-0.05, 0) is 32.0 Å². The number of fused-ring (bicyclic) bond motifs is 1. The molecule has 0 aliphatic rings. The van der Waals surface area contributed by atoms with E-state index in [1.165, 1.54) is 22.8 Å². The fourth-order valence-electron chi connectivity index (χ4n) is 1.81. The van der Waals surface area contributed by atoms with E-state index in [4.69, 9.17) is 5.11 Å². The Morgan fingerprint density at radius 3 is 2.56 bits per heavy atom. The maximum Gasteiger partial charge on any atom is 0.422 e. The summed E-state index contributed by atoms with van der Waals surface area (Å²) >= 11 is 0. The van der Waals surface area contributed by atoms with E-state index < -0.39 is 17.4 Å². The Morgan fingerprint density at radius 1 is 1.33 bits per heavy atom. The van der Waals surface area contributed by atoms with E-state index in [1.54, 1.807) is 13.8 Å². The highest BCUT2D eigenvalue weighted by atomic mass is 16.4. The molecule has 18 heavy (non-hydrogen) atoms. The van der Waals surface area contributed by atoms with Crippen LogP contribution in [0, 0.1) is 0 Å². The summed E-state index contributed by atoms with van der Waals surface area (Å²) in [5, 5.41) is 8.95. The molecule has 0 aliphatic heterocycles. The Balaban J connectivity index is 2.94. The molecular formula is C12H11NO5. The number of aromatic nitrogens is 1. The fraction of sp³-hybridized carbons (Fsp3) is 0.250. The fourth-order valence-corrected chi connectivity index (χ4v) is 1.81. The van der Waals surface area contributed by atoms with Gasteiger partial charge in [-0.1, -0.05) is 0 Å². The zero-order valence-corrected chi connectivity index (χ0v) is 9.84. The highest BCUT2D eigenvalue weighted by Crippen LogP contribution is 2.14. The lowest BCUT2D eigenvalue weighted by molar-refractivity contribution is 0.0697. The van der Waals surface area contributed by atoms with Gasteiger partial charge >= 0.3 is 17.4 Å². The molecule has 0 unspecified atom stereocenters. The maximum absolute atomic E-state index is 11.6. The first-order valence-corrected chi connectivity index (χ1v) is 5.34. The molecule has 0 spiro atoms. The minimum Gasteiger partial charge on any atom is -0.478 e. The molecule has 0 bridgehead atoms. The van der Waals surface area contributed by atoms with E-state index >= 15 is 0 Å². The number of aromatic carboxylic acids is 1. The molecule has 6 heteroatoms. The molecule has 6 nitrogen and oxygen atoms in total. The SMILES string of the molecule is CC(C)n1c(=O)oc(=O)c2cc(C(=O)O)ccc21. The molecule has 2 aromatic rings. The van der Waals surface area contributed by atoms with Crippen molar-refractivity contribution in [2.24, 2.45) is 0 Å². The lowest BCUT2D eigenvalue weighted by Gasteiger charge is -2.11. The lowest BCUT2D eigenvalue weighted by Crippen LogP contribution is -2.26. The van der Waals surface area contributed by atoms with Crippen LogP contribution in [-0.2, 0) is 0 Å².